The zero-order valence-electron chi connectivity index (χ0n) is 10.6. The van der Waals surface area contributed by atoms with Crippen LogP contribution >= 0.6 is 0 Å². The van der Waals surface area contributed by atoms with Crippen molar-refractivity contribution < 1.29 is 0 Å². The summed E-state index contributed by atoms with van der Waals surface area (Å²) in [5.74, 6) is 2.32. The lowest BCUT2D eigenvalue weighted by Crippen LogP contribution is -2.33. The SMILES string of the molecule is CNCC(CNCCC(C)C)C(C)C. The highest BCUT2D eigenvalue weighted by atomic mass is 14.9. The van der Waals surface area contributed by atoms with Crippen LogP contribution in [0.3, 0.4) is 0 Å². The van der Waals surface area contributed by atoms with Crippen LogP contribution in [0.15, 0.2) is 0 Å². The highest BCUT2D eigenvalue weighted by molar-refractivity contribution is 4.67. The molecular formula is C12H28N2. The fourth-order valence-corrected chi connectivity index (χ4v) is 1.48. The molecule has 2 N–H and O–H groups in total. The predicted molar refractivity (Wildman–Crippen MR) is 64.6 cm³/mol. The summed E-state index contributed by atoms with van der Waals surface area (Å²) in [6.07, 6.45) is 1.28. The summed E-state index contributed by atoms with van der Waals surface area (Å²) in [6, 6.07) is 0. The molecule has 0 aromatic rings. The van der Waals surface area contributed by atoms with Gasteiger partial charge < -0.3 is 10.6 Å². The third kappa shape index (κ3) is 7.34. The summed E-state index contributed by atoms with van der Waals surface area (Å²) >= 11 is 0. The smallest absolute Gasteiger partial charge is 0.000593 e. The second kappa shape index (κ2) is 8.25. The van der Waals surface area contributed by atoms with Gasteiger partial charge >= 0.3 is 0 Å². The summed E-state index contributed by atoms with van der Waals surface area (Å²) in [6.45, 7) is 12.6. The van der Waals surface area contributed by atoms with Crippen molar-refractivity contribution in [3.8, 4) is 0 Å². The molecule has 0 radical (unpaired) electrons. The van der Waals surface area contributed by atoms with Gasteiger partial charge in [0.05, 0.1) is 0 Å². The zero-order chi connectivity index (χ0) is 11.0. The van der Waals surface area contributed by atoms with Crippen molar-refractivity contribution in [1.82, 2.24) is 10.6 Å². The maximum absolute atomic E-state index is 3.54. The first-order chi connectivity index (χ1) is 6.57. The molecule has 0 fully saturated rings. The molecule has 1 atom stereocenters. The van der Waals surface area contributed by atoms with Gasteiger partial charge in [-0.25, -0.2) is 0 Å². The third-order valence-corrected chi connectivity index (χ3v) is 2.71. The standard InChI is InChI=1S/C12H28N2/c1-10(2)6-7-14-9-12(8-13-5)11(3)4/h10-14H,6-9H2,1-5H3. The van der Waals surface area contributed by atoms with Crippen LogP contribution in [-0.4, -0.2) is 26.7 Å². The second-order valence-electron chi connectivity index (χ2n) is 4.95. The first-order valence-corrected chi connectivity index (χ1v) is 5.93. The van der Waals surface area contributed by atoms with Crippen molar-refractivity contribution in [2.75, 3.05) is 26.7 Å². The number of rotatable bonds is 8. The van der Waals surface area contributed by atoms with E-state index in [-0.39, 0.29) is 0 Å². The highest BCUT2D eigenvalue weighted by Gasteiger charge is 2.11. The lowest BCUT2D eigenvalue weighted by Gasteiger charge is -2.21. The number of hydrogen-bond donors (Lipinski definition) is 2. The van der Waals surface area contributed by atoms with Gasteiger partial charge in [0.15, 0.2) is 0 Å². The quantitative estimate of drug-likeness (QED) is 0.586. The topological polar surface area (TPSA) is 24.1 Å². The molecule has 86 valence electrons. The van der Waals surface area contributed by atoms with Gasteiger partial charge in [0, 0.05) is 0 Å². The van der Waals surface area contributed by atoms with Crippen LogP contribution in [0.4, 0.5) is 0 Å². The Morgan fingerprint density at radius 1 is 1.00 bits per heavy atom. The van der Waals surface area contributed by atoms with Crippen molar-refractivity contribution >= 4 is 0 Å². The second-order valence-corrected chi connectivity index (χ2v) is 4.95. The van der Waals surface area contributed by atoms with Gasteiger partial charge in [-0.3, -0.25) is 0 Å². The van der Waals surface area contributed by atoms with Gasteiger partial charge in [-0.2, -0.15) is 0 Å². The zero-order valence-corrected chi connectivity index (χ0v) is 10.6. The van der Waals surface area contributed by atoms with Crippen molar-refractivity contribution in [2.24, 2.45) is 17.8 Å². The van der Waals surface area contributed by atoms with Crippen molar-refractivity contribution in [1.29, 1.82) is 0 Å². The summed E-state index contributed by atoms with van der Waals surface area (Å²) in [5.41, 5.74) is 0. The maximum Gasteiger partial charge on any atom is -0.000593 e. The van der Waals surface area contributed by atoms with E-state index in [0.29, 0.717) is 0 Å². The maximum atomic E-state index is 3.54. The first kappa shape index (κ1) is 13.9. The van der Waals surface area contributed by atoms with E-state index in [4.69, 9.17) is 0 Å². The minimum atomic E-state index is 0.757. The van der Waals surface area contributed by atoms with Crippen LogP contribution in [0.25, 0.3) is 0 Å². The van der Waals surface area contributed by atoms with Gasteiger partial charge in [0.1, 0.15) is 0 Å². The first-order valence-electron chi connectivity index (χ1n) is 5.93. The molecule has 2 heteroatoms. The molecule has 0 aliphatic carbocycles. The normalized spacial score (nSPS) is 13.9. The Hall–Kier alpha value is -0.0800. The van der Waals surface area contributed by atoms with Crippen LogP contribution in [-0.2, 0) is 0 Å². The molecule has 0 saturated heterocycles. The van der Waals surface area contributed by atoms with Crippen LogP contribution < -0.4 is 10.6 Å². The molecule has 0 aromatic heterocycles. The summed E-state index contributed by atoms with van der Waals surface area (Å²) in [5, 5.41) is 6.80. The molecule has 0 aliphatic rings. The predicted octanol–water partition coefficient (Wildman–Crippen LogP) is 2.11. The summed E-state index contributed by atoms with van der Waals surface area (Å²) in [7, 11) is 2.03. The largest absolute Gasteiger partial charge is 0.319 e. The molecule has 1 unspecified atom stereocenters. The van der Waals surface area contributed by atoms with E-state index in [1.165, 1.54) is 6.42 Å². The minimum absolute atomic E-state index is 0.757. The minimum Gasteiger partial charge on any atom is -0.319 e. The summed E-state index contributed by atoms with van der Waals surface area (Å²) < 4.78 is 0. The molecule has 0 amide bonds. The average molecular weight is 200 g/mol. The molecule has 0 rings (SSSR count). The number of hydrogen-bond acceptors (Lipinski definition) is 2. The van der Waals surface area contributed by atoms with E-state index >= 15 is 0 Å². The van der Waals surface area contributed by atoms with Crippen LogP contribution in [0.1, 0.15) is 34.1 Å². The third-order valence-electron chi connectivity index (χ3n) is 2.71. The molecule has 0 saturated carbocycles. The Kier molecular flexibility index (Phi) is 8.20. The van der Waals surface area contributed by atoms with Crippen molar-refractivity contribution in [3.63, 3.8) is 0 Å². The van der Waals surface area contributed by atoms with E-state index in [0.717, 1.165) is 37.4 Å². The van der Waals surface area contributed by atoms with Gasteiger partial charge in [-0.1, -0.05) is 27.7 Å². The summed E-state index contributed by atoms with van der Waals surface area (Å²) in [4.78, 5) is 0. The lowest BCUT2D eigenvalue weighted by atomic mass is 9.95. The fourth-order valence-electron chi connectivity index (χ4n) is 1.48. The van der Waals surface area contributed by atoms with Crippen molar-refractivity contribution in [2.45, 2.75) is 34.1 Å². The van der Waals surface area contributed by atoms with Crippen LogP contribution in [0.5, 0.6) is 0 Å². The molecule has 0 aliphatic heterocycles. The van der Waals surface area contributed by atoms with E-state index in [9.17, 15) is 0 Å². The monoisotopic (exact) mass is 200 g/mol. The van der Waals surface area contributed by atoms with Gasteiger partial charge in [0.2, 0.25) is 0 Å². The Morgan fingerprint density at radius 3 is 2.07 bits per heavy atom. The Bertz CT molecular complexity index is 121. The van der Waals surface area contributed by atoms with Crippen LogP contribution in [0, 0.1) is 17.8 Å². The fraction of sp³-hybridized carbons (Fsp3) is 1.00. The molecule has 0 bridgehead atoms. The molecule has 2 nitrogen and oxygen atoms in total. The Balaban J connectivity index is 3.50. The van der Waals surface area contributed by atoms with E-state index < -0.39 is 0 Å². The molecule has 0 spiro atoms. The molecule has 0 heterocycles. The lowest BCUT2D eigenvalue weighted by molar-refractivity contribution is 0.349. The molecule has 0 aromatic carbocycles. The van der Waals surface area contributed by atoms with E-state index in [1.807, 2.05) is 7.05 Å². The van der Waals surface area contributed by atoms with Gasteiger partial charge in [-0.05, 0) is 50.9 Å². The number of nitrogens with one attached hydrogen (secondary N) is 2. The molecule has 14 heavy (non-hydrogen) atoms. The van der Waals surface area contributed by atoms with E-state index in [2.05, 4.69) is 38.3 Å². The average Bonchev–Trinajstić information content (AvgIpc) is 2.09. The van der Waals surface area contributed by atoms with Gasteiger partial charge in [-0.15, -0.1) is 0 Å². The van der Waals surface area contributed by atoms with Crippen molar-refractivity contribution in [3.05, 3.63) is 0 Å². The van der Waals surface area contributed by atoms with Gasteiger partial charge in [0.25, 0.3) is 0 Å². The van der Waals surface area contributed by atoms with Crippen LogP contribution in [0.2, 0.25) is 0 Å². The highest BCUT2D eigenvalue weighted by Crippen LogP contribution is 2.08. The Morgan fingerprint density at radius 2 is 1.64 bits per heavy atom. The van der Waals surface area contributed by atoms with E-state index in [1.54, 1.807) is 0 Å². The molecular weight excluding hydrogens is 172 g/mol. The Labute approximate surface area is 89.9 Å².